The van der Waals surface area contributed by atoms with Crippen LogP contribution in [0.1, 0.15) is 5.89 Å². The minimum Gasteiger partial charge on any atom is -0.419 e. The third kappa shape index (κ3) is 3.07. The molecule has 0 amide bonds. The molecule has 3 rings (SSSR count). The second kappa shape index (κ2) is 6.11. The molecule has 0 radical (unpaired) electrons. The van der Waals surface area contributed by atoms with Crippen LogP contribution < -0.4 is 5.32 Å². The van der Waals surface area contributed by atoms with Crippen LogP contribution in [0.5, 0.6) is 0 Å². The van der Waals surface area contributed by atoms with E-state index in [2.05, 4.69) is 15.5 Å². The van der Waals surface area contributed by atoms with E-state index >= 15 is 0 Å². The summed E-state index contributed by atoms with van der Waals surface area (Å²) in [5.41, 5.74) is 0.850. The zero-order valence-electron chi connectivity index (χ0n) is 11.2. The lowest BCUT2D eigenvalue weighted by molar-refractivity contribution is 0.514. The van der Waals surface area contributed by atoms with Gasteiger partial charge in [0.2, 0.25) is 11.8 Å². The van der Waals surface area contributed by atoms with E-state index < -0.39 is 5.82 Å². The van der Waals surface area contributed by atoms with Crippen molar-refractivity contribution >= 4 is 17.3 Å². The van der Waals surface area contributed by atoms with Gasteiger partial charge in [0.05, 0.1) is 17.3 Å². The summed E-state index contributed by atoms with van der Waals surface area (Å²) < 4.78 is 32.0. The van der Waals surface area contributed by atoms with Crippen molar-refractivity contribution in [1.82, 2.24) is 10.2 Å². The minimum atomic E-state index is -0.539. The van der Waals surface area contributed by atoms with Gasteiger partial charge in [-0.05, 0) is 36.4 Å². The Morgan fingerprint density at radius 2 is 1.82 bits per heavy atom. The van der Waals surface area contributed by atoms with Crippen LogP contribution in [0, 0.1) is 11.6 Å². The van der Waals surface area contributed by atoms with Gasteiger partial charge in [-0.3, -0.25) is 0 Å². The zero-order valence-corrected chi connectivity index (χ0v) is 11.9. The lowest BCUT2D eigenvalue weighted by Crippen LogP contribution is -2.01. The van der Waals surface area contributed by atoms with E-state index in [1.165, 1.54) is 30.3 Å². The molecule has 112 valence electrons. The molecule has 3 aromatic rings. The average Bonchev–Trinajstić information content (AvgIpc) is 2.98. The molecular weight excluding hydrogens is 312 g/mol. The van der Waals surface area contributed by atoms with Crippen LogP contribution in [0.3, 0.4) is 0 Å². The molecule has 1 aromatic heterocycles. The first kappa shape index (κ1) is 14.5. The quantitative estimate of drug-likeness (QED) is 0.779. The molecule has 0 saturated heterocycles. The maximum absolute atomic E-state index is 13.7. The van der Waals surface area contributed by atoms with E-state index in [1.54, 1.807) is 12.1 Å². The van der Waals surface area contributed by atoms with E-state index in [1.807, 2.05) is 0 Å². The van der Waals surface area contributed by atoms with E-state index in [0.717, 1.165) is 0 Å². The lowest BCUT2D eigenvalue weighted by Gasteiger charge is -2.05. The molecule has 0 aliphatic carbocycles. The Bertz CT molecular complexity index is 790. The van der Waals surface area contributed by atoms with Crippen molar-refractivity contribution in [2.45, 2.75) is 6.54 Å². The second-order valence-corrected chi connectivity index (χ2v) is 4.87. The molecule has 0 bridgehead atoms. The summed E-state index contributed by atoms with van der Waals surface area (Å²) in [7, 11) is 0. The fourth-order valence-electron chi connectivity index (χ4n) is 1.85. The highest BCUT2D eigenvalue weighted by atomic mass is 35.5. The van der Waals surface area contributed by atoms with Crippen LogP contribution in [0.4, 0.5) is 14.5 Å². The van der Waals surface area contributed by atoms with Crippen molar-refractivity contribution in [1.29, 1.82) is 0 Å². The Kier molecular flexibility index (Phi) is 4.02. The summed E-state index contributed by atoms with van der Waals surface area (Å²) >= 11 is 5.70. The molecular formula is C15H10ClF2N3O. The van der Waals surface area contributed by atoms with E-state index in [0.29, 0.717) is 5.56 Å². The van der Waals surface area contributed by atoms with Crippen LogP contribution >= 0.6 is 11.6 Å². The van der Waals surface area contributed by atoms with Gasteiger partial charge < -0.3 is 9.73 Å². The van der Waals surface area contributed by atoms with Gasteiger partial charge in [-0.25, -0.2) is 8.78 Å². The zero-order chi connectivity index (χ0) is 15.5. The van der Waals surface area contributed by atoms with Gasteiger partial charge in [0.25, 0.3) is 0 Å². The number of anilines is 1. The Balaban J connectivity index is 1.72. The highest BCUT2D eigenvalue weighted by Gasteiger charge is 2.10. The number of hydrogen-bond donors (Lipinski definition) is 1. The first-order valence-electron chi connectivity index (χ1n) is 6.39. The highest BCUT2D eigenvalue weighted by molar-refractivity contribution is 6.31. The third-order valence-corrected chi connectivity index (χ3v) is 3.23. The van der Waals surface area contributed by atoms with Gasteiger partial charge in [0.1, 0.15) is 5.82 Å². The number of nitrogens with one attached hydrogen (secondary N) is 1. The van der Waals surface area contributed by atoms with Gasteiger partial charge in [0.15, 0.2) is 5.82 Å². The highest BCUT2D eigenvalue weighted by Crippen LogP contribution is 2.23. The molecule has 7 heteroatoms. The maximum atomic E-state index is 13.7. The summed E-state index contributed by atoms with van der Waals surface area (Å²) in [6, 6.07) is 10.3. The van der Waals surface area contributed by atoms with Crippen LogP contribution in [0.2, 0.25) is 5.02 Å². The summed E-state index contributed by atoms with van der Waals surface area (Å²) in [5.74, 6) is -0.342. The summed E-state index contributed by atoms with van der Waals surface area (Å²) in [5, 5.41) is 10.6. The number of nitrogens with zero attached hydrogens (tertiary/aromatic N) is 2. The van der Waals surface area contributed by atoms with Gasteiger partial charge in [0, 0.05) is 5.56 Å². The first-order chi connectivity index (χ1) is 10.6. The van der Waals surface area contributed by atoms with Crippen molar-refractivity contribution in [3.8, 4) is 11.5 Å². The van der Waals surface area contributed by atoms with Crippen LogP contribution in [0.15, 0.2) is 46.9 Å². The fraction of sp³-hybridized carbons (Fsp3) is 0.0667. The molecule has 0 unspecified atom stereocenters. The molecule has 22 heavy (non-hydrogen) atoms. The molecule has 0 aliphatic heterocycles. The normalized spacial score (nSPS) is 10.7. The van der Waals surface area contributed by atoms with Gasteiger partial charge in [-0.2, -0.15) is 0 Å². The lowest BCUT2D eigenvalue weighted by atomic mass is 10.2. The number of benzene rings is 2. The van der Waals surface area contributed by atoms with Crippen molar-refractivity contribution < 1.29 is 13.2 Å². The molecule has 0 spiro atoms. The predicted octanol–water partition coefficient (Wildman–Crippen LogP) is 4.28. The molecule has 4 nitrogen and oxygen atoms in total. The van der Waals surface area contributed by atoms with Crippen LogP contribution in [-0.4, -0.2) is 10.2 Å². The fourth-order valence-corrected chi connectivity index (χ4v) is 2.02. The third-order valence-electron chi connectivity index (χ3n) is 2.94. The molecule has 1 heterocycles. The number of aromatic nitrogens is 2. The maximum Gasteiger partial charge on any atom is 0.247 e. The van der Waals surface area contributed by atoms with Crippen molar-refractivity contribution in [2.24, 2.45) is 0 Å². The molecule has 0 fully saturated rings. The molecule has 1 N–H and O–H groups in total. The van der Waals surface area contributed by atoms with Crippen molar-refractivity contribution in [2.75, 3.05) is 5.32 Å². The van der Waals surface area contributed by atoms with E-state index in [9.17, 15) is 8.78 Å². The summed E-state index contributed by atoms with van der Waals surface area (Å²) in [6.07, 6.45) is 0. The predicted molar refractivity (Wildman–Crippen MR) is 78.4 cm³/mol. The summed E-state index contributed by atoms with van der Waals surface area (Å²) in [4.78, 5) is 0. The number of halogens is 3. The Labute approximate surface area is 129 Å². The Morgan fingerprint density at radius 1 is 1.05 bits per heavy atom. The standard InChI is InChI=1S/C15H10ClF2N3O/c16-11-2-1-3-12(14(11)18)19-8-13-20-21-15(22-13)9-4-6-10(17)7-5-9/h1-7,19H,8H2. The van der Waals surface area contributed by atoms with E-state index in [-0.39, 0.29) is 34.9 Å². The van der Waals surface area contributed by atoms with Crippen LogP contribution in [0.25, 0.3) is 11.5 Å². The molecule has 2 aromatic carbocycles. The Hall–Kier alpha value is -2.47. The van der Waals surface area contributed by atoms with Crippen LogP contribution in [-0.2, 0) is 6.54 Å². The summed E-state index contributed by atoms with van der Waals surface area (Å²) in [6.45, 7) is 0.144. The largest absolute Gasteiger partial charge is 0.419 e. The second-order valence-electron chi connectivity index (χ2n) is 4.46. The molecule has 0 aliphatic rings. The topological polar surface area (TPSA) is 51.0 Å². The molecule has 0 saturated carbocycles. The molecule has 0 atom stereocenters. The SMILES string of the molecule is Fc1ccc(-c2nnc(CNc3cccc(Cl)c3F)o2)cc1. The number of hydrogen-bond acceptors (Lipinski definition) is 4. The van der Waals surface area contributed by atoms with Gasteiger partial charge >= 0.3 is 0 Å². The van der Waals surface area contributed by atoms with Crippen molar-refractivity contribution in [3.63, 3.8) is 0 Å². The Morgan fingerprint density at radius 3 is 2.59 bits per heavy atom. The van der Waals surface area contributed by atoms with Gasteiger partial charge in [-0.15, -0.1) is 10.2 Å². The van der Waals surface area contributed by atoms with Gasteiger partial charge in [-0.1, -0.05) is 17.7 Å². The average molecular weight is 322 g/mol. The van der Waals surface area contributed by atoms with E-state index in [4.69, 9.17) is 16.0 Å². The smallest absolute Gasteiger partial charge is 0.247 e. The minimum absolute atomic E-state index is 0.0301. The monoisotopic (exact) mass is 321 g/mol. The number of rotatable bonds is 4. The van der Waals surface area contributed by atoms with Crippen molar-refractivity contribution in [3.05, 3.63) is 65.0 Å². The first-order valence-corrected chi connectivity index (χ1v) is 6.77.